The average molecular weight is 369 g/mol. The molecule has 0 aromatic heterocycles. The third-order valence-corrected chi connectivity index (χ3v) is 6.28. The number of unbranched alkanes of at least 4 members (excludes halogenated alkanes) is 1. The van der Waals surface area contributed by atoms with E-state index >= 15 is 0 Å². The van der Waals surface area contributed by atoms with E-state index in [9.17, 15) is 0 Å². The zero-order valence-electron chi connectivity index (χ0n) is 18.6. The van der Waals surface area contributed by atoms with E-state index in [2.05, 4.69) is 75.6 Å². The summed E-state index contributed by atoms with van der Waals surface area (Å²) >= 11 is 0. The van der Waals surface area contributed by atoms with Crippen LogP contribution in [0.5, 0.6) is 0 Å². The zero-order valence-corrected chi connectivity index (χ0v) is 18.6. The number of piperazine rings is 1. The molecule has 1 saturated heterocycles. The molecule has 0 amide bonds. The van der Waals surface area contributed by atoms with Gasteiger partial charge in [-0.15, -0.1) is 0 Å². The normalized spacial score (nSPS) is 22.6. The third-order valence-electron chi connectivity index (χ3n) is 6.28. The Balaban J connectivity index is 1.87. The van der Waals surface area contributed by atoms with E-state index in [-0.39, 0.29) is 5.41 Å². The van der Waals surface area contributed by atoms with Crippen molar-refractivity contribution in [3.05, 3.63) is 35.4 Å². The summed E-state index contributed by atoms with van der Waals surface area (Å²) in [5, 5.41) is 0. The molecule has 1 fully saturated rings. The van der Waals surface area contributed by atoms with Gasteiger partial charge in [0, 0.05) is 37.4 Å². The van der Waals surface area contributed by atoms with Gasteiger partial charge in [-0.2, -0.15) is 0 Å². The molecule has 150 valence electrons. The standard InChI is InChI=1S/C25H40N2/c1-7-8-12-26-13-15-27(16-14-26)22-11-9-10-20(2)23(22)21-17-24(3,4)19-25(5,6)18-21/h9-11,17H,7-8,12-16,18-19H2,1-6H3. The van der Waals surface area contributed by atoms with Gasteiger partial charge in [0.05, 0.1) is 0 Å². The van der Waals surface area contributed by atoms with Crippen LogP contribution in [0.3, 0.4) is 0 Å². The maximum atomic E-state index is 2.64. The summed E-state index contributed by atoms with van der Waals surface area (Å²) in [5.74, 6) is 0. The van der Waals surface area contributed by atoms with Crippen molar-refractivity contribution < 1.29 is 0 Å². The van der Waals surface area contributed by atoms with Crippen LogP contribution >= 0.6 is 0 Å². The number of hydrogen-bond donors (Lipinski definition) is 0. The summed E-state index contributed by atoms with van der Waals surface area (Å²) in [6.45, 7) is 20.2. The molecule has 1 aliphatic carbocycles. The van der Waals surface area contributed by atoms with Crippen LogP contribution in [-0.2, 0) is 0 Å². The minimum absolute atomic E-state index is 0.273. The number of benzene rings is 1. The second kappa shape index (κ2) is 7.99. The lowest BCUT2D eigenvalue weighted by Gasteiger charge is -2.42. The van der Waals surface area contributed by atoms with Gasteiger partial charge in [0.25, 0.3) is 0 Å². The Kier molecular flexibility index (Phi) is 6.05. The lowest BCUT2D eigenvalue weighted by molar-refractivity contribution is 0.228. The van der Waals surface area contributed by atoms with Gasteiger partial charge >= 0.3 is 0 Å². The predicted molar refractivity (Wildman–Crippen MR) is 120 cm³/mol. The fourth-order valence-electron chi connectivity index (χ4n) is 5.47. The lowest BCUT2D eigenvalue weighted by atomic mass is 9.65. The first-order valence-corrected chi connectivity index (χ1v) is 11.0. The molecule has 1 aliphatic heterocycles. The largest absolute Gasteiger partial charge is 0.368 e. The molecular weight excluding hydrogens is 328 g/mol. The van der Waals surface area contributed by atoms with Crippen LogP contribution in [0.4, 0.5) is 5.69 Å². The topological polar surface area (TPSA) is 6.48 Å². The molecule has 0 unspecified atom stereocenters. The van der Waals surface area contributed by atoms with E-state index in [1.165, 1.54) is 62.1 Å². The van der Waals surface area contributed by atoms with Crippen LogP contribution in [0, 0.1) is 17.8 Å². The minimum atomic E-state index is 0.273. The van der Waals surface area contributed by atoms with Gasteiger partial charge in [-0.25, -0.2) is 0 Å². The number of nitrogens with zero attached hydrogens (tertiary/aromatic N) is 2. The van der Waals surface area contributed by atoms with Gasteiger partial charge in [-0.3, -0.25) is 4.90 Å². The fourth-order valence-corrected chi connectivity index (χ4v) is 5.47. The van der Waals surface area contributed by atoms with Crippen molar-refractivity contribution in [2.24, 2.45) is 10.8 Å². The molecule has 2 aliphatic rings. The van der Waals surface area contributed by atoms with Crippen molar-refractivity contribution in [1.29, 1.82) is 0 Å². The Morgan fingerprint density at radius 2 is 1.70 bits per heavy atom. The van der Waals surface area contributed by atoms with E-state index in [1.54, 1.807) is 5.57 Å². The van der Waals surface area contributed by atoms with E-state index in [0.29, 0.717) is 5.41 Å². The zero-order chi connectivity index (χ0) is 19.7. The van der Waals surface area contributed by atoms with Crippen LogP contribution < -0.4 is 4.90 Å². The van der Waals surface area contributed by atoms with Crippen LogP contribution in [0.2, 0.25) is 0 Å². The van der Waals surface area contributed by atoms with E-state index in [0.717, 1.165) is 13.1 Å². The van der Waals surface area contributed by atoms with Crippen molar-refractivity contribution in [3.63, 3.8) is 0 Å². The highest BCUT2D eigenvalue weighted by Crippen LogP contribution is 2.49. The molecule has 0 bridgehead atoms. The molecule has 0 atom stereocenters. The highest BCUT2D eigenvalue weighted by molar-refractivity contribution is 5.80. The molecule has 1 aromatic rings. The molecule has 0 radical (unpaired) electrons. The van der Waals surface area contributed by atoms with E-state index < -0.39 is 0 Å². The molecule has 1 heterocycles. The number of anilines is 1. The van der Waals surface area contributed by atoms with E-state index in [4.69, 9.17) is 0 Å². The minimum Gasteiger partial charge on any atom is -0.368 e. The molecular formula is C25H40N2. The Bertz CT molecular complexity index is 676. The van der Waals surface area contributed by atoms with Crippen LogP contribution in [0.15, 0.2) is 24.3 Å². The number of hydrogen-bond acceptors (Lipinski definition) is 2. The summed E-state index contributed by atoms with van der Waals surface area (Å²) in [6, 6.07) is 6.91. The molecule has 0 spiro atoms. The first-order chi connectivity index (χ1) is 12.7. The van der Waals surface area contributed by atoms with Crippen LogP contribution in [0.1, 0.15) is 71.4 Å². The van der Waals surface area contributed by atoms with Crippen LogP contribution in [-0.4, -0.2) is 37.6 Å². The smallest absolute Gasteiger partial charge is 0.0446 e. The van der Waals surface area contributed by atoms with Gasteiger partial charge in [0.1, 0.15) is 0 Å². The number of aryl methyl sites for hydroxylation is 1. The molecule has 1 aromatic carbocycles. The molecule has 3 rings (SSSR count). The van der Waals surface area contributed by atoms with Gasteiger partial charge < -0.3 is 4.90 Å². The summed E-state index contributed by atoms with van der Waals surface area (Å²) in [5.41, 5.74) is 6.62. The second-order valence-electron chi connectivity index (χ2n) is 10.3. The molecule has 0 saturated carbocycles. The molecule has 0 N–H and O–H groups in total. The number of allylic oxidation sites excluding steroid dienone is 2. The van der Waals surface area contributed by atoms with Crippen molar-refractivity contribution in [1.82, 2.24) is 4.90 Å². The SMILES string of the molecule is CCCCN1CCN(c2cccc(C)c2C2=CC(C)(C)CC(C)(C)C2)CC1. The Morgan fingerprint density at radius 3 is 2.33 bits per heavy atom. The summed E-state index contributed by atoms with van der Waals surface area (Å²) in [4.78, 5) is 5.28. The highest BCUT2D eigenvalue weighted by Gasteiger charge is 2.35. The highest BCUT2D eigenvalue weighted by atomic mass is 15.3. The van der Waals surface area contributed by atoms with Crippen LogP contribution in [0.25, 0.3) is 5.57 Å². The fraction of sp³-hybridized carbons (Fsp3) is 0.680. The third kappa shape index (κ3) is 4.96. The van der Waals surface area contributed by atoms with Gasteiger partial charge in [0.2, 0.25) is 0 Å². The predicted octanol–water partition coefficient (Wildman–Crippen LogP) is 6.15. The lowest BCUT2D eigenvalue weighted by Crippen LogP contribution is -2.47. The molecule has 27 heavy (non-hydrogen) atoms. The van der Waals surface area contributed by atoms with Gasteiger partial charge in [0.15, 0.2) is 0 Å². The maximum absolute atomic E-state index is 2.64. The van der Waals surface area contributed by atoms with Crippen molar-refractivity contribution in [2.45, 2.75) is 67.2 Å². The van der Waals surface area contributed by atoms with E-state index in [1.807, 2.05) is 0 Å². The Morgan fingerprint density at radius 1 is 1.00 bits per heavy atom. The quantitative estimate of drug-likeness (QED) is 0.615. The second-order valence-corrected chi connectivity index (χ2v) is 10.3. The Labute approximate surface area is 167 Å². The first-order valence-electron chi connectivity index (χ1n) is 11.0. The molecule has 2 heteroatoms. The van der Waals surface area contributed by atoms with Crippen molar-refractivity contribution in [3.8, 4) is 0 Å². The van der Waals surface area contributed by atoms with Crippen molar-refractivity contribution >= 4 is 11.3 Å². The van der Waals surface area contributed by atoms with Gasteiger partial charge in [-0.1, -0.05) is 59.2 Å². The first kappa shape index (κ1) is 20.5. The van der Waals surface area contributed by atoms with Gasteiger partial charge in [-0.05, 0) is 60.8 Å². The maximum Gasteiger partial charge on any atom is 0.0446 e. The summed E-state index contributed by atoms with van der Waals surface area (Å²) in [6.07, 6.45) is 7.64. The Hall–Kier alpha value is -1.28. The van der Waals surface area contributed by atoms with Crippen molar-refractivity contribution in [2.75, 3.05) is 37.6 Å². The summed E-state index contributed by atoms with van der Waals surface area (Å²) < 4.78 is 0. The summed E-state index contributed by atoms with van der Waals surface area (Å²) in [7, 11) is 0. The molecule has 2 nitrogen and oxygen atoms in total. The average Bonchev–Trinajstić information content (AvgIpc) is 2.57. The number of rotatable bonds is 5. The monoisotopic (exact) mass is 368 g/mol.